The van der Waals surface area contributed by atoms with Gasteiger partial charge in [0.2, 0.25) is 5.16 Å². The molecule has 1 aromatic heterocycles. The average molecular weight is 392 g/mol. The number of ether oxygens (including phenoxy) is 1. The molecular weight excluding hydrogens is 370 g/mol. The smallest absolute Gasteiger partial charge is 0.212 e. The number of rotatable bonds is 5. The normalized spacial score (nSPS) is 15.6. The van der Waals surface area contributed by atoms with E-state index < -0.39 is 0 Å². The molecule has 0 atom stereocenters. The second kappa shape index (κ2) is 7.31. The van der Waals surface area contributed by atoms with Crippen LogP contribution in [0.25, 0.3) is 11.4 Å². The highest BCUT2D eigenvalue weighted by Crippen LogP contribution is 2.33. The lowest BCUT2D eigenvalue weighted by Crippen LogP contribution is -2.36. The summed E-state index contributed by atoms with van der Waals surface area (Å²) >= 11 is 1.66. The molecule has 6 nitrogen and oxygen atoms in total. The van der Waals surface area contributed by atoms with Crippen LogP contribution in [0.15, 0.2) is 58.8 Å². The third kappa shape index (κ3) is 3.05. The summed E-state index contributed by atoms with van der Waals surface area (Å²) in [4.78, 5) is 2.39. The molecule has 2 aliphatic heterocycles. The lowest BCUT2D eigenvalue weighted by Gasteiger charge is -2.33. The molecule has 2 aliphatic rings. The Morgan fingerprint density at radius 1 is 1.04 bits per heavy atom. The van der Waals surface area contributed by atoms with Gasteiger partial charge in [0.1, 0.15) is 5.75 Å². The molecule has 7 heteroatoms. The summed E-state index contributed by atoms with van der Waals surface area (Å²) in [6.07, 6.45) is 1.29. The third-order valence-corrected chi connectivity index (χ3v) is 5.95. The van der Waals surface area contributed by atoms with Crippen LogP contribution in [0.2, 0.25) is 0 Å². The van der Waals surface area contributed by atoms with E-state index in [2.05, 4.69) is 39.4 Å². The van der Waals surface area contributed by atoms with Crippen molar-refractivity contribution in [2.75, 3.05) is 30.3 Å². The number of nitrogens with zero attached hydrogens (tertiary/aromatic N) is 5. The van der Waals surface area contributed by atoms with Crippen LogP contribution in [0, 0.1) is 0 Å². The fraction of sp³-hybridized carbons (Fsp3) is 0.286. The summed E-state index contributed by atoms with van der Waals surface area (Å²) in [6.45, 7) is 4.89. The van der Waals surface area contributed by atoms with Crippen molar-refractivity contribution in [1.82, 2.24) is 14.9 Å². The van der Waals surface area contributed by atoms with E-state index in [0.717, 1.165) is 46.6 Å². The minimum Gasteiger partial charge on any atom is -0.493 e. The topological polar surface area (TPSA) is 55.5 Å². The van der Waals surface area contributed by atoms with Crippen LogP contribution >= 0.6 is 11.8 Å². The van der Waals surface area contributed by atoms with E-state index in [1.54, 1.807) is 11.8 Å². The van der Waals surface area contributed by atoms with E-state index in [4.69, 9.17) is 9.84 Å². The van der Waals surface area contributed by atoms with E-state index in [9.17, 15) is 0 Å². The minimum atomic E-state index is 0.602. The Morgan fingerprint density at radius 2 is 1.86 bits per heavy atom. The Kier molecular flexibility index (Phi) is 4.52. The van der Waals surface area contributed by atoms with E-state index in [1.165, 1.54) is 12.1 Å². The zero-order valence-electron chi connectivity index (χ0n) is 15.7. The molecular formula is C21H21N5OS. The molecule has 0 unspecified atom stereocenters. The number of hydrogen-bond donors (Lipinski definition) is 0. The Morgan fingerprint density at radius 3 is 2.61 bits per heavy atom. The van der Waals surface area contributed by atoms with Crippen LogP contribution in [0.4, 0.5) is 5.69 Å². The summed E-state index contributed by atoms with van der Waals surface area (Å²) in [6, 6.07) is 16.6. The van der Waals surface area contributed by atoms with Crippen LogP contribution in [0.3, 0.4) is 0 Å². The lowest BCUT2D eigenvalue weighted by molar-refractivity contribution is 0.341. The zero-order chi connectivity index (χ0) is 18.9. The summed E-state index contributed by atoms with van der Waals surface area (Å²) in [5.74, 6) is 2.29. The van der Waals surface area contributed by atoms with Crippen molar-refractivity contribution >= 4 is 23.2 Å². The first-order valence-electron chi connectivity index (χ1n) is 9.57. The van der Waals surface area contributed by atoms with Gasteiger partial charge in [-0.05, 0) is 43.2 Å². The molecule has 3 heterocycles. The highest BCUT2D eigenvalue weighted by molar-refractivity contribution is 7.99. The standard InChI is InChI=1S/C21H21N5OS/c1-2-27-19-7-4-3-6-17(19)20-22-23-21-26(20)24-18(14-28-21)15-8-10-16(11-9-15)25-12-5-13-25/h3-4,6-11H,2,5,12-14H2,1H3. The molecule has 5 rings (SSSR count). The maximum absolute atomic E-state index is 5.77. The maximum Gasteiger partial charge on any atom is 0.212 e. The number of thioether (sulfide) groups is 1. The summed E-state index contributed by atoms with van der Waals surface area (Å²) in [5, 5.41) is 14.4. The van der Waals surface area contributed by atoms with Crippen molar-refractivity contribution in [3.63, 3.8) is 0 Å². The van der Waals surface area contributed by atoms with Crippen molar-refractivity contribution in [3.05, 3.63) is 54.1 Å². The van der Waals surface area contributed by atoms with Gasteiger partial charge in [0.25, 0.3) is 0 Å². The molecule has 0 amide bonds. The second-order valence-electron chi connectivity index (χ2n) is 6.77. The monoisotopic (exact) mass is 391 g/mol. The number of benzene rings is 2. The maximum atomic E-state index is 5.77. The molecule has 0 spiro atoms. The van der Waals surface area contributed by atoms with Crippen LogP contribution in [-0.2, 0) is 0 Å². The van der Waals surface area contributed by atoms with Gasteiger partial charge in [-0.25, -0.2) is 0 Å². The molecule has 0 bridgehead atoms. The largest absolute Gasteiger partial charge is 0.493 e. The predicted molar refractivity (Wildman–Crippen MR) is 113 cm³/mol. The SMILES string of the molecule is CCOc1ccccc1-c1nnc2n1N=C(c1ccc(N3CCC3)cc1)CS2. The lowest BCUT2D eigenvalue weighted by atomic mass is 10.1. The van der Waals surface area contributed by atoms with Crippen LogP contribution in [0.5, 0.6) is 5.75 Å². The van der Waals surface area contributed by atoms with E-state index in [1.807, 2.05) is 35.9 Å². The molecule has 28 heavy (non-hydrogen) atoms. The van der Waals surface area contributed by atoms with Gasteiger partial charge >= 0.3 is 0 Å². The number of para-hydroxylation sites is 1. The quantitative estimate of drug-likeness (QED) is 0.660. The first kappa shape index (κ1) is 17.3. The first-order valence-corrected chi connectivity index (χ1v) is 10.6. The number of hydrogen-bond acceptors (Lipinski definition) is 6. The third-order valence-electron chi connectivity index (χ3n) is 5.02. The van der Waals surface area contributed by atoms with Crippen molar-refractivity contribution in [1.29, 1.82) is 0 Å². The highest BCUT2D eigenvalue weighted by atomic mass is 32.2. The van der Waals surface area contributed by atoms with Crippen molar-refractivity contribution in [3.8, 4) is 17.1 Å². The molecule has 0 radical (unpaired) electrons. The highest BCUT2D eigenvalue weighted by Gasteiger charge is 2.23. The first-order chi connectivity index (χ1) is 13.8. The van der Waals surface area contributed by atoms with Crippen molar-refractivity contribution < 1.29 is 4.74 Å². The number of aromatic nitrogens is 3. The molecule has 0 N–H and O–H groups in total. The summed E-state index contributed by atoms with van der Waals surface area (Å²) < 4.78 is 7.61. The molecule has 3 aromatic rings. The fourth-order valence-corrected chi connectivity index (χ4v) is 4.25. The Balaban J connectivity index is 1.50. The van der Waals surface area contributed by atoms with E-state index >= 15 is 0 Å². The zero-order valence-corrected chi connectivity index (χ0v) is 16.5. The molecule has 1 saturated heterocycles. The fourth-order valence-electron chi connectivity index (χ4n) is 3.41. The molecule has 142 valence electrons. The minimum absolute atomic E-state index is 0.602. The van der Waals surface area contributed by atoms with Crippen LogP contribution in [-0.4, -0.2) is 46.0 Å². The van der Waals surface area contributed by atoms with Gasteiger partial charge < -0.3 is 9.64 Å². The number of anilines is 1. The summed E-state index contributed by atoms with van der Waals surface area (Å²) in [5.41, 5.74) is 4.36. The van der Waals surface area contributed by atoms with Gasteiger partial charge in [-0.2, -0.15) is 9.78 Å². The molecule has 1 fully saturated rings. The molecule has 0 saturated carbocycles. The van der Waals surface area contributed by atoms with Crippen LogP contribution < -0.4 is 9.64 Å². The van der Waals surface area contributed by atoms with Crippen molar-refractivity contribution in [2.45, 2.75) is 18.5 Å². The van der Waals surface area contributed by atoms with E-state index in [0.29, 0.717) is 12.4 Å². The van der Waals surface area contributed by atoms with Gasteiger partial charge in [0, 0.05) is 24.5 Å². The Labute approximate surface area is 168 Å². The van der Waals surface area contributed by atoms with Crippen LogP contribution in [0.1, 0.15) is 18.9 Å². The Bertz CT molecular complexity index is 1020. The van der Waals surface area contributed by atoms with Gasteiger partial charge in [-0.3, -0.25) is 0 Å². The summed E-state index contributed by atoms with van der Waals surface area (Å²) in [7, 11) is 0. The van der Waals surface area contributed by atoms with Gasteiger partial charge in [0.05, 0.1) is 17.9 Å². The van der Waals surface area contributed by atoms with Gasteiger partial charge in [-0.1, -0.05) is 36.0 Å². The Hall–Kier alpha value is -2.80. The average Bonchev–Trinajstić information content (AvgIpc) is 3.11. The van der Waals surface area contributed by atoms with E-state index in [-0.39, 0.29) is 0 Å². The second-order valence-corrected chi connectivity index (χ2v) is 7.71. The van der Waals surface area contributed by atoms with Crippen molar-refractivity contribution in [2.24, 2.45) is 5.10 Å². The number of fused-ring (bicyclic) bond motifs is 1. The van der Waals surface area contributed by atoms with Gasteiger partial charge in [-0.15, -0.1) is 10.2 Å². The van der Waals surface area contributed by atoms with Gasteiger partial charge in [0.15, 0.2) is 5.82 Å². The molecule has 0 aliphatic carbocycles. The predicted octanol–water partition coefficient (Wildman–Crippen LogP) is 3.91. The molecule has 2 aromatic carbocycles.